The Hall–Kier alpha value is -0.590. The number of fused-ring (bicyclic) bond motifs is 1. The third-order valence-corrected chi connectivity index (χ3v) is 4.91. The predicted octanol–water partition coefficient (Wildman–Crippen LogP) is 2.03. The standard InChI is InChI=1S/C14H16ClFIN3O4/c1-14(2)23-4-7(21)10(24-14)9(22)12(16)20-3-6(17)8-11(15)18-5-19-13(8)20/h3,5,7,9-10,12,21-22H,4H2,1-2H3/t7-,9-,10?,12+/m1/s1. The number of aromatic nitrogens is 3. The van der Waals surface area contributed by atoms with E-state index in [-0.39, 0.29) is 17.4 Å². The van der Waals surface area contributed by atoms with Crippen LogP contribution in [0.1, 0.15) is 20.1 Å². The molecule has 0 bridgehead atoms. The van der Waals surface area contributed by atoms with Crippen molar-refractivity contribution in [1.29, 1.82) is 0 Å². The van der Waals surface area contributed by atoms with E-state index in [1.165, 1.54) is 12.5 Å². The molecule has 10 heteroatoms. The molecule has 2 aromatic heterocycles. The maximum Gasteiger partial charge on any atom is 0.206 e. The first-order valence-electron chi connectivity index (χ1n) is 7.20. The lowest BCUT2D eigenvalue weighted by molar-refractivity contribution is -0.324. The summed E-state index contributed by atoms with van der Waals surface area (Å²) in [5, 5.41) is 21.1. The normalized spacial score (nSPS) is 26.5. The Morgan fingerprint density at radius 2 is 2.21 bits per heavy atom. The van der Waals surface area contributed by atoms with Crippen molar-refractivity contribution in [2.45, 2.75) is 44.2 Å². The van der Waals surface area contributed by atoms with Crippen LogP contribution in [0.3, 0.4) is 0 Å². The third kappa shape index (κ3) is 3.25. The van der Waals surface area contributed by atoms with Crippen LogP contribution < -0.4 is 0 Å². The first-order chi connectivity index (χ1) is 11.2. The topological polar surface area (TPSA) is 89.6 Å². The van der Waals surface area contributed by atoms with Crippen LogP contribution in [0.4, 0.5) is 4.39 Å². The van der Waals surface area contributed by atoms with Crippen molar-refractivity contribution in [1.82, 2.24) is 14.5 Å². The summed E-state index contributed by atoms with van der Waals surface area (Å²) in [5.41, 5.74) is 0.256. The van der Waals surface area contributed by atoms with Gasteiger partial charge in [0.2, 0.25) is 6.30 Å². The van der Waals surface area contributed by atoms with E-state index in [1.807, 2.05) is 22.6 Å². The molecular formula is C14H16ClFIN3O4. The van der Waals surface area contributed by atoms with E-state index in [1.54, 1.807) is 13.8 Å². The Morgan fingerprint density at radius 1 is 1.50 bits per heavy atom. The zero-order valence-electron chi connectivity index (χ0n) is 12.9. The van der Waals surface area contributed by atoms with Crippen molar-refractivity contribution in [3.05, 3.63) is 21.2 Å². The Balaban J connectivity index is 1.94. The van der Waals surface area contributed by atoms with Crippen molar-refractivity contribution in [2.75, 3.05) is 6.61 Å². The molecule has 0 saturated carbocycles. The van der Waals surface area contributed by atoms with E-state index in [9.17, 15) is 14.6 Å². The van der Waals surface area contributed by atoms with E-state index >= 15 is 0 Å². The summed E-state index contributed by atoms with van der Waals surface area (Å²) >= 11 is 8.02. The van der Waals surface area contributed by atoms with Crippen LogP contribution in [0.2, 0.25) is 5.15 Å². The second kappa shape index (κ2) is 6.61. The second-order valence-electron chi connectivity index (χ2n) is 5.97. The van der Waals surface area contributed by atoms with Gasteiger partial charge in [0.15, 0.2) is 5.79 Å². The van der Waals surface area contributed by atoms with Crippen LogP contribution in [0.15, 0.2) is 12.5 Å². The van der Waals surface area contributed by atoms with Gasteiger partial charge < -0.3 is 19.7 Å². The molecule has 4 atom stereocenters. The van der Waals surface area contributed by atoms with E-state index < -0.39 is 30.4 Å². The predicted molar refractivity (Wildman–Crippen MR) is 92.3 cm³/mol. The summed E-state index contributed by atoms with van der Waals surface area (Å²) in [6.45, 7) is 3.21. The molecule has 1 aliphatic rings. The van der Waals surface area contributed by atoms with Crippen LogP contribution in [0.5, 0.6) is 0 Å². The van der Waals surface area contributed by atoms with E-state index in [2.05, 4.69) is 9.97 Å². The van der Waals surface area contributed by atoms with Gasteiger partial charge in [0.05, 0.1) is 12.0 Å². The number of aliphatic hydroxyl groups is 2. The van der Waals surface area contributed by atoms with Gasteiger partial charge in [-0.1, -0.05) is 11.6 Å². The van der Waals surface area contributed by atoms with Crippen molar-refractivity contribution in [3.8, 4) is 0 Å². The highest BCUT2D eigenvalue weighted by molar-refractivity contribution is 14.1. The molecule has 0 spiro atoms. The highest BCUT2D eigenvalue weighted by atomic mass is 127. The van der Waals surface area contributed by atoms with Gasteiger partial charge in [0, 0.05) is 9.77 Å². The molecule has 0 aliphatic carbocycles. The van der Waals surface area contributed by atoms with Crippen LogP contribution in [-0.2, 0) is 9.47 Å². The summed E-state index contributed by atoms with van der Waals surface area (Å²) in [6, 6.07) is 0. The monoisotopic (exact) mass is 471 g/mol. The molecule has 2 N–H and O–H groups in total. The molecule has 1 aliphatic heterocycles. The molecule has 2 aromatic rings. The van der Waals surface area contributed by atoms with Gasteiger partial charge in [-0.3, -0.25) is 4.57 Å². The van der Waals surface area contributed by atoms with Gasteiger partial charge in [-0.2, -0.15) is 0 Å². The number of ether oxygens (including phenoxy) is 2. The van der Waals surface area contributed by atoms with Gasteiger partial charge in [-0.15, -0.1) is 0 Å². The zero-order valence-corrected chi connectivity index (χ0v) is 15.8. The number of rotatable bonds is 3. The molecule has 24 heavy (non-hydrogen) atoms. The maximum atomic E-state index is 15.0. The minimum Gasteiger partial charge on any atom is -0.388 e. The minimum absolute atomic E-state index is 0.0561. The Kier molecular flexibility index (Phi) is 5.02. The van der Waals surface area contributed by atoms with Gasteiger partial charge in [-0.05, 0) is 36.4 Å². The Bertz CT molecular complexity index is 759. The van der Waals surface area contributed by atoms with Crippen molar-refractivity contribution in [3.63, 3.8) is 0 Å². The molecule has 0 radical (unpaired) electrons. The fraction of sp³-hybridized carbons (Fsp3) is 0.571. The van der Waals surface area contributed by atoms with Gasteiger partial charge >= 0.3 is 0 Å². The quantitative estimate of drug-likeness (QED) is 0.526. The molecule has 7 nitrogen and oxygen atoms in total. The Labute approximate surface area is 155 Å². The van der Waals surface area contributed by atoms with Crippen LogP contribution in [0.25, 0.3) is 11.0 Å². The lowest BCUT2D eigenvalue weighted by Gasteiger charge is -2.41. The summed E-state index contributed by atoms with van der Waals surface area (Å²) in [6.07, 6.45) is -3.10. The molecule has 1 saturated heterocycles. The van der Waals surface area contributed by atoms with Crippen LogP contribution >= 0.6 is 34.2 Å². The highest BCUT2D eigenvalue weighted by Gasteiger charge is 2.43. The average Bonchev–Trinajstić information content (AvgIpc) is 2.86. The highest BCUT2D eigenvalue weighted by Crippen LogP contribution is 2.33. The number of aliphatic hydroxyl groups excluding tert-OH is 2. The number of nitrogens with zero attached hydrogens (tertiary/aromatic N) is 3. The summed E-state index contributed by atoms with van der Waals surface area (Å²) in [5.74, 6) is -1.02. The smallest absolute Gasteiger partial charge is 0.206 e. The van der Waals surface area contributed by atoms with Crippen LogP contribution in [0, 0.1) is 3.57 Å². The third-order valence-electron chi connectivity index (χ3n) is 3.80. The van der Waals surface area contributed by atoms with Crippen molar-refractivity contribution >= 4 is 45.2 Å². The van der Waals surface area contributed by atoms with Crippen molar-refractivity contribution in [2.24, 2.45) is 0 Å². The first kappa shape index (κ1) is 18.2. The SMILES string of the molecule is CC1(C)OC[C@@H](O)C([C@@H](O)[C@@H](F)n2cc(I)c3c(Cl)ncnc32)O1. The fourth-order valence-corrected chi connectivity index (χ4v) is 3.82. The van der Waals surface area contributed by atoms with E-state index in [0.717, 1.165) is 4.57 Å². The van der Waals surface area contributed by atoms with Gasteiger partial charge in [-0.25, -0.2) is 14.4 Å². The zero-order chi connectivity index (χ0) is 17.6. The van der Waals surface area contributed by atoms with Crippen LogP contribution in [-0.4, -0.2) is 55.5 Å². The summed E-state index contributed by atoms with van der Waals surface area (Å²) in [7, 11) is 0. The molecule has 1 fully saturated rings. The lowest BCUT2D eigenvalue weighted by atomic mass is 10.1. The van der Waals surface area contributed by atoms with Crippen molar-refractivity contribution < 1.29 is 24.1 Å². The Morgan fingerprint density at radius 3 is 2.92 bits per heavy atom. The minimum atomic E-state index is -1.89. The van der Waals surface area contributed by atoms with E-state index in [0.29, 0.717) is 8.96 Å². The molecule has 0 aromatic carbocycles. The molecule has 132 valence electrons. The van der Waals surface area contributed by atoms with Gasteiger partial charge in [0.25, 0.3) is 0 Å². The average molecular weight is 472 g/mol. The molecule has 3 heterocycles. The lowest BCUT2D eigenvalue weighted by Crippen LogP contribution is -2.54. The van der Waals surface area contributed by atoms with Gasteiger partial charge in [0.1, 0.15) is 35.4 Å². The molecule has 1 unspecified atom stereocenters. The first-order valence-corrected chi connectivity index (χ1v) is 8.65. The molecule has 0 amide bonds. The number of hydrogen-bond donors (Lipinski definition) is 2. The molecular weight excluding hydrogens is 456 g/mol. The number of halogens is 3. The fourth-order valence-electron chi connectivity index (χ4n) is 2.63. The number of hydrogen-bond acceptors (Lipinski definition) is 6. The maximum absolute atomic E-state index is 15.0. The largest absolute Gasteiger partial charge is 0.388 e. The second-order valence-corrected chi connectivity index (χ2v) is 7.49. The summed E-state index contributed by atoms with van der Waals surface area (Å²) in [4.78, 5) is 7.92. The van der Waals surface area contributed by atoms with E-state index in [4.69, 9.17) is 21.1 Å². The molecule has 3 rings (SSSR count). The number of alkyl halides is 1. The summed E-state index contributed by atoms with van der Waals surface area (Å²) < 4.78 is 27.6.